The Morgan fingerprint density at radius 1 is 1.05 bits per heavy atom. The molecule has 39 heavy (non-hydrogen) atoms. The molecule has 4 rings (SSSR count). The lowest BCUT2D eigenvalue weighted by Gasteiger charge is -2.28. The topological polar surface area (TPSA) is 134 Å². The molecule has 2 aliphatic carbocycles. The van der Waals surface area contributed by atoms with E-state index in [2.05, 4.69) is 38.0 Å². The maximum absolute atomic E-state index is 13.3. The molecule has 9 heteroatoms. The zero-order valence-electron chi connectivity index (χ0n) is 23.4. The van der Waals surface area contributed by atoms with Gasteiger partial charge in [-0.05, 0) is 53.9 Å². The summed E-state index contributed by atoms with van der Waals surface area (Å²) >= 11 is 0. The molecule has 3 aliphatic rings. The van der Waals surface area contributed by atoms with Crippen LogP contribution < -0.4 is 16.4 Å². The maximum atomic E-state index is 13.3. The Morgan fingerprint density at radius 3 is 2.54 bits per heavy atom. The van der Waals surface area contributed by atoms with E-state index in [4.69, 9.17) is 5.73 Å². The average Bonchev–Trinajstić information content (AvgIpc) is 3.49. The molecule has 9 nitrogen and oxygen atoms in total. The molecule has 1 aliphatic heterocycles. The monoisotopic (exact) mass is 535 g/mol. The molecule has 0 unspecified atom stereocenters. The zero-order valence-corrected chi connectivity index (χ0v) is 23.4. The number of nitrogens with two attached hydrogens (primary N) is 1. The first-order valence-corrected chi connectivity index (χ1v) is 14.9. The first kappa shape index (κ1) is 28.9. The molecule has 0 bridgehead atoms. The second kappa shape index (κ2) is 14.9. The Labute approximate surface area is 232 Å². The standard InChI is InChI=1S/C30H45N7O2/c1-2-7-21-12-14-23(15-13-21)18-28(38)35-30(31)34-26(17-22-8-4-3-5-9-22)29(39)32-19-24-10-6-11-25(16-24)27-20-33-37-36-27/h6,10-11,16,21-23,26H,2-5,7-9,12-15,17-20H2,1H3,(H,32,39)(H3,31,34,35,38)/t21?,23?,26-/m1/s1. The van der Waals surface area contributed by atoms with E-state index in [0.29, 0.717) is 37.8 Å². The van der Waals surface area contributed by atoms with Gasteiger partial charge >= 0.3 is 0 Å². The number of guanidine groups is 1. The zero-order chi connectivity index (χ0) is 27.5. The van der Waals surface area contributed by atoms with Crippen molar-refractivity contribution in [2.45, 2.75) is 103 Å². The summed E-state index contributed by atoms with van der Waals surface area (Å²) in [6, 6.07) is 7.25. The third kappa shape index (κ3) is 9.25. The summed E-state index contributed by atoms with van der Waals surface area (Å²) in [6.45, 7) is 3.08. The predicted octanol–water partition coefficient (Wildman–Crippen LogP) is 5.24. The summed E-state index contributed by atoms with van der Waals surface area (Å²) < 4.78 is 0. The first-order chi connectivity index (χ1) is 19.0. The van der Waals surface area contributed by atoms with Gasteiger partial charge in [0.25, 0.3) is 0 Å². The van der Waals surface area contributed by atoms with Crippen LogP contribution in [0.15, 0.2) is 44.7 Å². The van der Waals surface area contributed by atoms with Gasteiger partial charge in [-0.25, -0.2) is 4.99 Å². The van der Waals surface area contributed by atoms with E-state index in [1.807, 2.05) is 24.3 Å². The minimum absolute atomic E-state index is 0.0457. The number of hydrogen-bond acceptors (Lipinski definition) is 6. The van der Waals surface area contributed by atoms with E-state index in [0.717, 1.165) is 48.4 Å². The molecule has 0 saturated heterocycles. The number of nitrogens with zero attached hydrogens (tertiary/aromatic N) is 4. The van der Waals surface area contributed by atoms with Gasteiger partial charge in [0.05, 0.1) is 5.71 Å². The normalized spacial score (nSPS) is 22.8. The van der Waals surface area contributed by atoms with Crippen LogP contribution in [0, 0.1) is 17.8 Å². The van der Waals surface area contributed by atoms with E-state index >= 15 is 0 Å². The maximum Gasteiger partial charge on any atom is 0.245 e. The number of hydrogen-bond donors (Lipinski definition) is 3. The fraction of sp³-hybridized carbons (Fsp3) is 0.667. The van der Waals surface area contributed by atoms with Crippen molar-refractivity contribution in [3.63, 3.8) is 0 Å². The van der Waals surface area contributed by atoms with Crippen LogP contribution in [0.5, 0.6) is 0 Å². The molecule has 0 radical (unpaired) electrons. The largest absolute Gasteiger partial charge is 0.370 e. The van der Waals surface area contributed by atoms with Crippen LogP contribution in [0.4, 0.5) is 0 Å². The van der Waals surface area contributed by atoms with Gasteiger partial charge in [0, 0.05) is 18.5 Å². The molecule has 1 aromatic carbocycles. The summed E-state index contributed by atoms with van der Waals surface area (Å²) in [7, 11) is 0. The van der Waals surface area contributed by atoms with Crippen molar-refractivity contribution >= 4 is 23.5 Å². The third-order valence-corrected chi connectivity index (χ3v) is 8.46. The number of carbonyl (C=O) groups excluding carboxylic acids is 2. The Bertz CT molecular complexity index is 1050. The van der Waals surface area contributed by atoms with Gasteiger partial charge in [-0.15, -0.1) is 5.10 Å². The van der Waals surface area contributed by atoms with Crippen molar-refractivity contribution in [3.05, 3.63) is 35.4 Å². The number of carbonyl (C=O) groups is 2. The summed E-state index contributed by atoms with van der Waals surface area (Å²) in [5.74, 6) is 1.43. The van der Waals surface area contributed by atoms with Crippen molar-refractivity contribution < 1.29 is 9.59 Å². The molecule has 0 spiro atoms. The van der Waals surface area contributed by atoms with Crippen molar-refractivity contribution in [3.8, 4) is 0 Å². The van der Waals surface area contributed by atoms with Crippen molar-refractivity contribution in [2.24, 2.45) is 43.9 Å². The molecule has 4 N–H and O–H groups in total. The highest BCUT2D eigenvalue weighted by Gasteiger charge is 2.26. The Kier molecular flexibility index (Phi) is 11.0. The van der Waals surface area contributed by atoms with E-state index in [1.165, 1.54) is 44.9 Å². The molecule has 0 aromatic heterocycles. The summed E-state index contributed by atoms with van der Waals surface area (Å²) in [5, 5.41) is 17.5. The second-order valence-electron chi connectivity index (χ2n) is 11.6. The van der Waals surface area contributed by atoms with Crippen LogP contribution in [0.1, 0.15) is 102 Å². The number of nitrogens with one attached hydrogen (secondary N) is 2. The first-order valence-electron chi connectivity index (χ1n) is 14.9. The molecule has 2 amide bonds. The Morgan fingerprint density at radius 2 is 1.82 bits per heavy atom. The van der Waals surface area contributed by atoms with Gasteiger partial charge in [0.1, 0.15) is 12.6 Å². The fourth-order valence-corrected chi connectivity index (χ4v) is 6.28. The van der Waals surface area contributed by atoms with Gasteiger partial charge in [0.2, 0.25) is 11.8 Å². The van der Waals surface area contributed by atoms with Crippen LogP contribution in [-0.4, -0.2) is 36.1 Å². The fourth-order valence-electron chi connectivity index (χ4n) is 6.28. The quantitative estimate of drug-likeness (QED) is 0.264. The molecule has 1 atom stereocenters. The molecular weight excluding hydrogens is 490 g/mol. The van der Waals surface area contributed by atoms with Crippen LogP contribution in [0.3, 0.4) is 0 Å². The molecule has 2 saturated carbocycles. The van der Waals surface area contributed by atoms with Crippen LogP contribution in [-0.2, 0) is 16.1 Å². The van der Waals surface area contributed by atoms with E-state index in [-0.39, 0.29) is 17.8 Å². The van der Waals surface area contributed by atoms with Crippen molar-refractivity contribution in [2.75, 3.05) is 6.54 Å². The van der Waals surface area contributed by atoms with Crippen LogP contribution >= 0.6 is 0 Å². The van der Waals surface area contributed by atoms with Gasteiger partial charge in [0.15, 0.2) is 5.96 Å². The minimum Gasteiger partial charge on any atom is -0.370 e. The van der Waals surface area contributed by atoms with E-state index < -0.39 is 6.04 Å². The lowest BCUT2D eigenvalue weighted by molar-refractivity contribution is -0.123. The summed E-state index contributed by atoms with van der Waals surface area (Å²) in [6.07, 6.45) is 14.1. The molecule has 212 valence electrons. The lowest BCUT2D eigenvalue weighted by atomic mass is 9.79. The SMILES string of the molecule is CCCC1CCC(CC(=O)NC(N)=N[C@H](CC2CCCCC2)C(=O)NCc2cccc(C3=NN=NC3)c2)CC1. The highest BCUT2D eigenvalue weighted by Crippen LogP contribution is 2.33. The van der Waals surface area contributed by atoms with Crippen LogP contribution in [0.25, 0.3) is 0 Å². The van der Waals surface area contributed by atoms with Crippen molar-refractivity contribution in [1.82, 2.24) is 10.6 Å². The average molecular weight is 536 g/mol. The van der Waals surface area contributed by atoms with Crippen LogP contribution in [0.2, 0.25) is 0 Å². The van der Waals surface area contributed by atoms with Gasteiger partial charge < -0.3 is 11.1 Å². The second-order valence-corrected chi connectivity index (χ2v) is 11.6. The molecule has 1 heterocycles. The highest BCUT2D eigenvalue weighted by atomic mass is 16.2. The number of rotatable bonds is 11. The number of aliphatic imine (C=N–C) groups is 1. The Hall–Kier alpha value is -3.10. The molecule has 1 aromatic rings. The van der Waals surface area contributed by atoms with Gasteiger partial charge in [-0.1, -0.05) is 82.9 Å². The molecular formula is C30H45N7O2. The highest BCUT2D eigenvalue weighted by molar-refractivity contribution is 6.02. The van der Waals surface area contributed by atoms with Gasteiger partial charge in [-0.2, -0.15) is 5.11 Å². The smallest absolute Gasteiger partial charge is 0.245 e. The lowest BCUT2D eigenvalue weighted by Crippen LogP contribution is -2.42. The third-order valence-electron chi connectivity index (χ3n) is 8.46. The van der Waals surface area contributed by atoms with Crippen molar-refractivity contribution in [1.29, 1.82) is 0 Å². The number of amides is 2. The minimum atomic E-state index is -0.627. The summed E-state index contributed by atoms with van der Waals surface area (Å²) in [4.78, 5) is 30.6. The molecule has 2 fully saturated rings. The van der Waals surface area contributed by atoms with Gasteiger partial charge in [-0.3, -0.25) is 14.9 Å². The number of benzene rings is 1. The van der Waals surface area contributed by atoms with E-state index in [1.54, 1.807) is 0 Å². The van der Waals surface area contributed by atoms with E-state index in [9.17, 15) is 9.59 Å². The Balaban J connectivity index is 1.33. The summed E-state index contributed by atoms with van der Waals surface area (Å²) in [5.41, 5.74) is 8.93. The predicted molar refractivity (Wildman–Crippen MR) is 154 cm³/mol.